The number of rotatable bonds is 1. The van der Waals surface area contributed by atoms with Crippen LogP contribution in [0.3, 0.4) is 0 Å². The normalized spacial score (nSPS) is 29.0. The van der Waals surface area contributed by atoms with Crippen LogP contribution >= 0.6 is 0 Å². The molecule has 1 aliphatic heterocycles. The summed E-state index contributed by atoms with van der Waals surface area (Å²) in [5.74, 6) is 0.707. The molecule has 3 rings (SSSR count). The second kappa shape index (κ2) is 3.02. The van der Waals surface area contributed by atoms with E-state index < -0.39 is 0 Å². The van der Waals surface area contributed by atoms with Crippen molar-refractivity contribution in [2.45, 2.75) is 25.2 Å². The third-order valence-electron chi connectivity index (χ3n) is 3.75. The zero-order chi connectivity index (χ0) is 9.43. The Morgan fingerprint density at radius 1 is 1.29 bits per heavy atom. The number of nitrogens with one attached hydrogen (secondary N) is 1. The first kappa shape index (κ1) is 8.36. The van der Waals surface area contributed by atoms with Crippen molar-refractivity contribution in [2.75, 3.05) is 13.1 Å². The molecule has 1 unspecified atom stereocenters. The summed E-state index contributed by atoms with van der Waals surface area (Å²) in [5.41, 5.74) is 1.96. The second-order valence-electron chi connectivity index (χ2n) is 4.72. The maximum absolute atomic E-state index is 4.09. The maximum Gasteiger partial charge on any atom is 0.115 e. The molecule has 3 nitrogen and oxygen atoms in total. The Morgan fingerprint density at radius 3 is 2.64 bits per heavy atom. The molecule has 1 aliphatic carbocycles. The SMILES string of the molecule is c1ncc(C2CCC3(CNC3)C2)cn1. The predicted molar refractivity (Wildman–Crippen MR) is 53.9 cm³/mol. The molecular formula is C11H15N3. The lowest BCUT2D eigenvalue weighted by Gasteiger charge is -2.39. The molecule has 2 fully saturated rings. The zero-order valence-electron chi connectivity index (χ0n) is 8.24. The summed E-state index contributed by atoms with van der Waals surface area (Å²) in [6, 6.07) is 0. The average Bonchev–Trinajstić information content (AvgIpc) is 2.63. The van der Waals surface area contributed by atoms with Gasteiger partial charge >= 0.3 is 0 Å². The summed E-state index contributed by atoms with van der Waals surface area (Å²) >= 11 is 0. The van der Waals surface area contributed by atoms with Crippen molar-refractivity contribution < 1.29 is 0 Å². The monoisotopic (exact) mass is 189 g/mol. The second-order valence-corrected chi connectivity index (χ2v) is 4.72. The van der Waals surface area contributed by atoms with Gasteiger partial charge in [0.25, 0.3) is 0 Å². The van der Waals surface area contributed by atoms with E-state index >= 15 is 0 Å². The summed E-state index contributed by atoms with van der Waals surface area (Å²) in [7, 11) is 0. The van der Waals surface area contributed by atoms with Crippen LogP contribution in [0.25, 0.3) is 0 Å². The predicted octanol–water partition coefficient (Wildman–Crippen LogP) is 1.33. The summed E-state index contributed by atoms with van der Waals surface area (Å²) in [4.78, 5) is 8.19. The van der Waals surface area contributed by atoms with Gasteiger partial charge in [-0.2, -0.15) is 0 Å². The van der Waals surface area contributed by atoms with E-state index in [4.69, 9.17) is 0 Å². The molecular weight excluding hydrogens is 174 g/mol. The molecule has 2 heterocycles. The molecule has 1 aromatic heterocycles. The standard InChI is InChI=1S/C11H15N3/c1-2-11(6-14-7-11)3-9(1)10-4-12-8-13-5-10/h4-5,8-9,14H,1-3,6-7H2. The molecule has 0 aromatic carbocycles. The van der Waals surface area contributed by atoms with E-state index in [2.05, 4.69) is 15.3 Å². The van der Waals surface area contributed by atoms with Crippen LogP contribution in [-0.4, -0.2) is 23.1 Å². The van der Waals surface area contributed by atoms with Gasteiger partial charge in [0.1, 0.15) is 6.33 Å². The Kier molecular flexibility index (Phi) is 1.80. The molecule has 1 aromatic rings. The van der Waals surface area contributed by atoms with Gasteiger partial charge in [0, 0.05) is 25.5 Å². The Labute approximate surface area is 84.0 Å². The lowest BCUT2D eigenvalue weighted by molar-refractivity contribution is 0.175. The van der Waals surface area contributed by atoms with E-state index in [1.807, 2.05) is 12.4 Å². The minimum Gasteiger partial charge on any atom is -0.316 e. The van der Waals surface area contributed by atoms with Crippen LogP contribution in [0.2, 0.25) is 0 Å². The Morgan fingerprint density at radius 2 is 2.07 bits per heavy atom. The quantitative estimate of drug-likeness (QED) is 0.724. The van der Waals surface area contributed by atoms with Gasteiger partial charge in [0.05, 0.1) is 0 Å². The van der Waals surface area contributed by atoms with Gasteiger partial charge in [-0.05, 0) is 36.2 Å². The van der Waals surface area contributed by atoms with E-state index in [-0.39, 0.29) is 0 Å². The van der Waals surface area contributed by atoms with Gasteiger partial charge < -0.3 is 5.32 Å². The summed E-state index contributed by atoms with van der Waals surface area (Å²) in [6.07, 6.45) is 9.58. The molecule has 74 valence electrons. The average molecular weight is 189 g/mol. The van der Waals surface area contributed by atoms with Crippen LogP contribution in [-0.2, 0) is 0 Å². The van der Waals surface area contributed by atoms with Gasteiger partial charge in [-0.1, -0.05) is 0 Å². The molecule has 1 spiro atoms. The fourth-order valence-corrected chi connectivity index (χ4v) is 2.81. The van der Waals surface area contributed by atoms with Crippen molar-refractivity contribution in [1.82, 2.24) is 15.3 Å². The smallest absolute Gasteiger partial charge is 0.115 e. The van der Waals surface area contributed by atoms with E-state index in [1.54, 1.807) is 6.33 Å². The molecule has 0 amide bonds. The van der Waals surface area contributed by atoms with Crippen LogP contribution in [0.15, 0.2) is 18.7 Å². The third kappa shape index (κ3) is 1.23. The largest absolute Gasteiger partial charge is 0.316 e. The summed E-state index contributed by atoms with van der Waals surface area (Å²) < 4.78 is 0. The van der Waals surface area contributed by atoms with Gasteiger partial charge in [-0.15, -0.1) is 0 Å². The minimum atomic E-state index is 0.626. The van der Waals surface area contributed by atoms with Crippen molar-refractivity contribution in [2.24, 2.45) is 5.41 Å². The maximum atomic E-state index is 4.09. The fraction of sp³-hybridized carbons (Fsp3) is 0.636. The van der Waals surface area contributed by atoms with Crippen molar-refractivity contribution in [3.05, 3.63) is 24.3 Å². The highest BCUT2D eigenvalue weighted by Gasteiger charge is 2.43. The van der Waals surface area contributed by atoms with Crippen LogP contribution in [0.4, 0.5) is 0 Å². The highest BCUT2D eigenvalue weighted by atomic mass is 15.0. The van der Waals surface area contributed by atoms with Gasteiger partial charge in [0.2, 0.25) is 0 Å². The molecule has 1 atom stereocenters. The number of aromatic nitrogens is 2. The fourth-order valence-electron chi connectivity index (χ4n) is 2.81. The van der Waals surface area contributed by atoms with E-state index in [1.165, 1.54) is 37.9 Å². The van der Waals surface area contributed by atoms with Gasteiger partial charge in [-0.3, -0.25) is 0 Å². The third-order valence-corrected chi connectivity index (χ3v) is 3.75. The van der Waals surface area contributed by atoms with Crippen molar-refractivity contribution >= 4 is 0 Å². The summed E-state index contributed by atoms with van der Waals surface area (Å²) in [5, 5.41) is 3.38. The van der Waals surface area contributed by atoms with Crippen LogP contribution in [0.1, 0.15) is 30.7 Å². The minimum absolute atomic E-state index is 0.626. The Balaban J connectivity index is 1.76. The van der Waals surface area contributed by atoms with Crippen LogP contribution in [0, 0.1) is 5.41 Å². The molecule has 14 heavy (non-hydrogen) atoms. The molecule has 1 saturated heterocycles. The molecule has 0 radical (unpaired) electrons. The topological polar surface area (TPSA) is 37.8 Å². The van der Waals surface area contributed by atoms with Crippen molar-refractivity contribution in [1.29, 1.82) is 0 Å². The van der Waals surface area contributed by atoms with Crippen LogP contribution < -0.4 is 5.32 Å². The highest BCUT2D eigenvalue weighted by molar-refractivity contribution is 5.15. The zero-order valence-corrected chi connectivity index (χ0v) is 8.24. The van der Waals surface area contributed by atoms with Crippen LogP contribution in [0.5, 0.6) is 0 Å². The Hall–Kier alpha value is -0.960. The molecule has 1 saturated carbocycles. The first-order valence-electron chi connectivity index (χ1n) is 5.34. The lowest BCUT2D eigenvalue weighted by Crippen LogP contribution is -2.51. The van der Waals surface area contributed by atoms with E-state index in [0.29, 0.717) is 11.3 Å². The van der Waals surface area contributed by atoms with E-state index in [0.717, 1.165) is 0 Å². The van der Waals surface area contributed by atoms with Gasteiger partial charge in [-0.25, -0.2) is 9.97 Å². The van der Waals surface area contributed by atoms with Gasteiger partial charge in [0.15, 0.2) is 0 Å². The number of nitrogens with zero attached hydrogens (tertiary/aromatic N) is 2. The van der Waals surface area contributed by atoms with Crippen molar-refractivity contribution in [3.63, 3.8) is 0 Å². The number of hydrogen-bond acceptors (Lipinski definition) is 3. The molecule has 1 N–H and O–H groups in total. The first-order chi connectivity index (χ1) is 6.88. The Bertz CT molecular complexity index is 319. The van der Waals surface area contributed by atoms with E-state index in [9.17, 15) is 0 Å². The molecule has 3 heteroatoms. The van der Waals surface area contributed by atoms with Crippen molar-refractivity contribution in [3.8, 4) is 0 Å². The highest BCUT2D eigenvalue weighted by Crippen LogP contribution is 2.48. The first-order valence-corrected chi connectivity index (χ1v) is 5.34. The molecule has 2 aliphatic rings. The lowest BCUT2D eigenvalue weighted by atomic mass is 9.79. The summed E-state index contributed by atoms with van der Waals surface area (Å²) in [6.45, 7) is 2.44. The number of hydrogen-bond donors (Lipinski definition) is 1. The molecule has 0 bridgehead atoms.